The number of ether oxygens (including phenoxy) is 2. The lowest BCUT2D eigenvalue weighted by Gasteiger charge is -2.35. The van der Waals surface area contributed by atoms with Crippen LogP contribution in [0.4, 0.5) is 0 Å². The van der Waals surface area contributed by atoms with Crippen LogP contribution in [0.15, 0.2) is 25.3 Å². The molecule has 1 fully saturated rings. The second-order valence-corrected chi connectivity index (χ2v) is 6.06. The average molecular weight is 292 g/mol. The van der Waals surface area contributed by atoms with Crippen molar-refractivity contribution in [2.45, 2.75) is 5.12 Å². The van der Waals surface area contributed by atoms with Crippen molar-refractivity contribution in [2.24, 2.45) is 0 Å². The molecule has 88 valence electrons. The third-order valence-corrected chi connectivity index (χ3v) is 4.85. The molecule has 0 saturated carbocycles. The maximum atomic E-state index is 5.60. The van der Waals surface area contributed by atoms with Crippen molar-refractivity contribution in [1.82, 2.24) is 0 Å². The lowest BCUT2D eigenvalue weighted by Crippen LogP contribution is -2.40. The molecule has 0 aromatic rings. The van der Waals surface area contributed by atoms with Crippen LogP contribution in [-0.2, 0) is 9.47 Å². The Bertz CT molecular complexity index is 284. The normalized spacial score (nSPS) is 18.2. The van der Waals surface area contributed by atoms with Crippen molar-refractivity contribution in [2.75, 3.05) is 17.3 Å². The standard InChI is InChI=1S/C10H12O2S4/c1-3-8(13)11-10(12-9(14)4-2)7-15-5-6-16-10/h3-4H,1-2,5-7H2. The average Bonchev–Trinajstić information content (AvgIpc) is 2.29. The molecular weight excluding hydrogens is 280 g/mol. The zero-order valence-electron chi connectivity index (χ0n) is 8.64. The second kappa shape index (κ2) is 6.64. The summed E-state index contributed by atoms with van der Waals surface area (Å²) in [6.45, 7) is 7.13. The molecule has 1 aliphatic heterocycles. The Morgan fingerprint density at radius 2 is 1.69 bits per heavy atom. The largest absolute Gasteiger partial charge is 0.432 e. The highest BCUT2D eigenvalue weighted by molar-refractivity contribution is 8.07. The molecule has 16 heavy (non-hydrogen) atoms. The molecule has 1 rings (SSSR count). The van der Waals surface area contributed by atoms with Crippen molar-refractivity contribution in [3.05, 3.63) is 25.3 Å². The number of hydrogen-bond donors (Lipinski definition) is 0. The van der Waals surface area contributed by atoms with Crippen LogP contribution in [0, 0.1) is 0 Å². The van der Waals surface area contributed by atoms with Crippen LogP contribution in [0.1, 0.15) is 0 Å². The summed E-state index contributed by atoms with van der Waals surface area (Å²) in [4.78, 5) is 0. The summed E-state index contributed by atoms with van der Waals surface area (Å²) in [5, 5.41) is -0.178. The van der Waals surface area contributed by atoms with Gasteiger partial charge in [0.25, 0.3) is 0 Å². The fraction of sp³-hybridized carbons (Fsp3) is 0.400. The van der Waals surface area contributed by atoms with Crippen molar-refractivity contribution in [1.29, 1.82) is 0 Å². The minimum atomic E-state index is -0.820. The number of thioether (sulfide) groups is 2. The van der Waals surface area contributed by atoms with Crippen molar-refractivity contribution in [3.63, 3.8) is 0 Å². The molecule has 6 heteroatoms. The van der Waals surface area contributed by atoms with Gasteiger partial charge in [0.05, 0.1) is 5.75 Å². The van der Waals surface area contributed by atoms with Gasteiger partial charge < -0.3 is 9.47 Å². The molecule has 1 aliphatic rings. The van der Waals surface area contributed by atoms with Gasteiger partial charge in [-0.15, -0.1) is 0 Å². The lowest BCUT2D eigenvalue weighted by atomic mass is 10.6. The van der Waals surface area contributed by atoms with E-state index in [4.69, 9.17) is 33.9 Å². The summed E-state index contributed by atoms with van der Waals surface area (Å²) in [5.41, 5.74) is 0. The van der Waals surface area contributed by atoms with E-state index < -0.39 is 5.12 Å². The Morgan fingerprint density at radius 1 is 1.12 bits per heavy atom. The van der Waals surface area contributed by atoms with Crippen molar-refractivity contribution >= 4 is 58.1 Å². The Balaban J connectivity index is 2.73. The highest BCUT2D eigenvalue weighted by Crippen LogP contribution is 2.37. The van der Waals surface area contributed by atoms with Crippen LogP contribution < -0.4 is 0 Å². The Morgan fingerprint density at radius 3 is 2.06 bits per heavy atom. The van der Waals surface area contributed by atoms with Gasteiger partial charge in [0.1, 0.15) is 0 Å². The summed E-state index contributed by atoms with van der Waals surface area (Å²) >= 11 is 13.3. The molecule has 2 nitrogen and oxygen atoms in total. The summed E-state index contributed by atoms with van der Waals surface area (Å²) in [6, 6.07) is 0. The van der Waals surface area contributed by atoms with E-state index in [9.17, 15) is 0 Å². The highest BCUT2D eigenvalue weighted by atomic mass is 32.2. The quantitative estimate of drug-likeness (QED) is 0.447. The van der Waals surface area contributed by atoms with E-state index in [1.807, 2.05) is 0 Å². The SMILES string of the molecule is C=CC(=S)OC1(OC(=S)C=C)CSCCS1. The summed E-state index contributed by atoms with van der Waals surface area (Å²) in [5.74, 6) is 2.69. The van der Waals surface area contributed by atoms with Gasteiger partial charge in [-0.3, -0.25) is 0 Å². The van der Waals surface area contributed by atoms with Gasteiger partial charge in [0, 0.05) is 11.5 Å². The predicted molar refractivity (Wildman–Crippen MR) is 80.3 cm³/mol. The van der Waals surface area contributed by atoms with E-state index >= 15 is 0 Å². The summed E-state index contributed by atoms with van der Waals surface area (Å²) < 4.78 is 11.2. The van der Waals surface area contributed by atoms with Gasteiger partial charge in [-0.1, -0.05) is 24.9 Å². The van der Waals surface area contributed by atoms with Gasteiger partial charge in [-0.2, -0.15) is 11.8 Å². The molecule has 0 aliphatic carbocycles. The van der Waals surface area contributed by atoms with Crippen LogP contribution in [0.5, 0.6) is 0 Å². The first-order valence-corrected chi connectivity index (χ1v) is 7.50. The molecular formula is C10H12O2S4. The first kappa shape index (κ1) is 14.0. The Hall–Kier alpha value is -0.0400. The van der Waals surface area contributed by atoms with Gasteiger partial charge in [-0.05, 0) is 36.6 Å². The van der Waals surface area contributed by atoms with Crippen LogP contribution in [0.3, 0.4) is 0 Å². The summed E-state index contributed by atoms with van der Waals surface area (Å²) in [7, 11) is 0. The smallest absolute Gasteiger partial charge is 0.312 e. The second-order valence-electron chi connectivity index (χ2n) is 2.83. The molecule has 0 aromatic heterocycles. The van der Waals surface area contributed by atoms with E-state index in [1.165, 1.54) is 12.2 Å². The monoisotopic (exact) mass is 292 g/mol. The summed E-state index contributed by atoms with van der Waals surface area (Å²) in [6.07, 6.45) is 2.97. The third kappa shape index (κ3) is 4.08. The number of rotatable bonds is 4. The Labute approximate surface area is 115 Å². The fourth-order valence-corrected chi connectivity index (χ4v) is 3.91. The van der Waals surface area contributed by atoms with E-state index in [0.29, 0.717) is 15.9 Å². The molecule has 1 heterocycles. The van der Waals surface area contributed by atoms with Crippen molar-refractivity contribution < 1.29 is 9.47 Å². The van der Waals surface area contributed by atoms with Crippen LogP contribution in [0.25, 0.3) is 0 Å². The number of hydrogen-bond acceptors (Lipinski definition) is 6. The lowest BCUT2D eigenvalue weighted by molar-refractivity contribution is -0.0228. The molecule has 0 spiro atoms. The predicted octanol–water partition coefficient (Wildman–Crippen LogP) is 3.18. The maximum Gasteiger partial charge on any atom is 0.312 e. The van der Waals surface area contributed by atoms with E-state index in [0.717, 1.165) is 11.5 Å². The first-order chi connectivity index (χ1) is 7.62. The topological polar surface area (TPSA) is 18.5 Å². The van der Waals surface area contributed by atoms with E-state index in [1.54, 1.807) is 23.5 Å². The molecule has 0 N–H and O–H groups in total. The number of thiocarbonyl (C=S) groups is 2. The molecule has 0 amide bonds. The Kier molecular flexibility index (Phi) is 5.82. The first-order valence-electron chi connectivity index (χ1n) is 4.54. The van der Waals surface area contributed by atoms with Crippen molar-refractivity contribution in [3.8, 4) is 0 Å². The molecule has 0 radical (unpaired) electrons. The molecule has 0 aromatic carbocycles. The van der Waals surface area contributed by atoms with Gasteiger partial charge >= 0.3 is 5.12 Å². The molecule has 0 bridgehead atoms. The van der Waals surface area contributed by atoms with Gasteiger partial charge in [0.15, 0.2) is 10.1 Å². The molecule has 0 unspecified atom stereocenters. The van der Waals surface area contributed by atoms with E-state index in [2.05, 4.69) is 13.2 Å². The van der Waals surface area contributed by atoms with E-state index in [-0.39, 0.29) is 0 Å². The van der Waals surface area contributed by atoms with Gasteiger partial charge in [0.2, 0.25) is 0 Å². The highest BCUT2D eigenvalue weighted by Gasteiger charge is 2.39. The minimum absolute atomic E-state index is 0.321. The van der Waals surface area contributed by atoms with Crippen LogP contribution in [0.2, 0.25) is 0 Å². The van der Waals surface area contributed by atoms with Crippen LogP contribution in [-0.4, -0.2) is 32.5 Å². The maximum absolute atomic E-state index is 5.60. The molecule has 1 saturated heterocycles. The van der Waals surface area contributed by atoms with Crippen LogP contribution >= 0.6 is 48.0 Å². The zero-order valence-corrected chi connectivity index (χ0v) is 11.9. The molecule has 0 atom stereocenters. The zero-order chi connectivity index (χ0) is 12.0. The minimum Gasteiger partial charge on any atom is -0.432 e. The fourth-order valence-electron chi connectivity index (χ4n) is 1.02. The third-order valence-electron chi connectivity index (χ3n) is 1.67. The van der Waals surface area contributed by atoms with Gasteiger partial charge in [-0.25, -0.2) is 0 Å².